The van der Waals surface area contributed by atoms with E-state index in [9.17, 15) is 9.59 Å². The van der Waals surface area contributed by atoms with Gasteiger partial charge in [0.15, 0.2) is 16.6 Å². The van der Waals surface area contributed by atoms with Crippen LogP contribution in [-0.4, -0.2) is 58.3 Å². The van der Waals surface area contributed by atoms with Crippen molar-refractivity contribution in [3.8, 4) is 11.5 Å². The first-order valence-electron chi connectivity index (χ1n) is 11.7. The first-order chi connectivity index (χ1) is 17.1. The Labute approximate surface area is 207 Å². The molecule has 9 heteroatoms. The summed E-state index contributed by atoms with van der Waals surface area (Å²) in [4.78, 5) is 32.3. The van der Waals surface area contributed by atoms with Gasteiger partial charge >= 0.3 is 6.03 Å². The zero-order valence-electron chi connectivity index (χ0n) is 18.7. The summed E-state index contributed by atoms with van der Waals surface area (Å²) in [5.41, 5.74) is 1.67. The van der Waals surface area contributed by atoms with E-state index in [0.717, 1.165) is 34.3 Å². The van der Waals surface area contributed by atoms with Crippen LogP contribution in [0.3, 0.4) is 0 Å². The Bertz CT molecular complexity index is 1410. The molecular weight excluding hydrogens is 464 g/mol. The molecule has 0 saturated carbocycles. The van der Waals surface area contributed by atoms with Gasteiger partial charge in [0.05, 0.1) is 17.8 Å². The van der Waals surface area contributed by atoms with E-state index >= 15 is 0 Å². The van der Waals surface area contributed by atoms with Crippen molar-refractivity contribution >= 4 is 45.7 Å². The number of likely N-dealkylation sites (tertiary alicyclic amines) is 1. The van der Waals surface area contributed by atoms with Crippen molar-refractivity contribution < 1.29 is 19.1 Å². The maximum atomic E-state index is 13.6. The van der Waals surface area contributed by atoms with Gasteiger partial charge in [-0.25, -0.2) is 9.69 Å². The molecule has 0 aliphatic carbocycles. The van der Waals surface area contributed by atoms with E-state index in [1.54, 1.807) is 4.90 Å². The second-order valence-electron chi connectivity index (χ2n) is 9.26. The summed E-state index contributed by atoms with van der Waals surface area (Å²) >= 11 is 5.72. The summed E-state index contributed by atoms with van der Waals surface area (Å²) in [6.07, 6.45) is 0.747. The molecule has 0 aromatic heterocycles. The maximum absolute atomic E-state index is 13.6. The highest BCUT2D eigenvalue weighted by molar-refractivity contribution is 7.80. The number of anilines is 1. The van der Waals surface area contributed by atoms with E-state index in [1.807, 2.05) is 60.7 Å². The minimum absolute atomic E-state index is 0.0354. The van der Waals surface area contributed by atoms with Crippen molar-refractivity contribution in [2.45, 2.75) is 31.1 Å². The number of imide groups is 1. The van der Waals surface area contributed by atoms with Crippen molar-refractivity contribution in [1.82, 2.24) is 15.1 Å². The molecule has 3 aromatic carbocycles. The maximum Gasteiger partial charge on any atom is 0.332 e. The number of benzene rings is 3. The molecule has 1 N–H and O–H groups in total. The number of nitrogens with one attached hydrogen (secondary N) is 1. The Kier molecular flexibility index (Phi) is 4.44. The molecule has 3 fully saturated rings. The molecule has 7 rings (SSSR count). The molecule has 2 unspecified atom stereocenters. The molecule has 4 heterocycles. The second kappa shape index (κ2) is 7.58. The smallest absolute Gasteiger partial charge is 0.332 e. The van der Waals surface area contributed by atoms with Crippen LogP contribution in [0.4, 0.5) is 10.5 Å². The van der Waals surface area contributed by atoms with Crippen molar-refractivity contribution in [3.05, 3.63) is 66.2 Å². The molecule has 176 valence electrons. The van der Waals surface area contributed by atoms with Gasteiger partial charge in [-0.3, -0.25) is 4.79 Å². The molecule has 4 aliphatic heterocycles. The van der Waals surface area contributed by atoms with Gasteiger partial charge in [-0.15, -0.1) is 0 Å². The number of fused-ring (bicyclic) bond motifs is 7. The lowest BCUT2D eigenvalue weighted by Crippen LogP contribution is -2.56. The first-order valence-corrected chi connectivity index (χ1v) is 12.1. The van der Waals surface area contributed by atoms with Gasteiger partial charge in [-0.1, -0.05) is 42.5 Å². The summed E-state index contributed by atoms with van der Waals surface area (Å²) in [5, 5.41) is 5.81. The predicted molar refractivity (Wildman–Crippen MR) is 133 cm³/mol. The third-order valence-electron chi connectivity index (χ3n) is 7.41. The fourth-order valence-electron chi connectivity index (χ4n) is 5.85. The zero-order chi connectivity index (χ0) is 23.7. The Hall–Kier alpha value is -3.85. The summed E-state index contributed by atoms with van der Waals surface area (Å²) in [5.74, 6) is 1.30. The molecular formula is C26H22N4O4S. The number of urea groups is 1. The fourth-order valence-corrected chi connectivity index (χ4v) is 6.13. The van der Waals surface area contributed by atoms with Crippen molar-refractivity contribution in [2.24, 2.45) is 0 Å². The van der Waals surface area contributed by atoms with E-state index in [1.165, 1.54) is 4.90 Å². The highest BCUT2D eigenvalue weighted by Crippen LogP contribution is 2.43. The molecule has 0 radical (unpaired) electrons. The van der Waals surface area contributed by atoms with E-state index in [0.29, 0.717) is 23.9 Å². The lowest BCUT2D eigenvalue weighted by atomic mass is 10.1. The van der Waals surface area contributed by atoms with Crippen LogP contribution in [0, 0.1) is 0 Å². The zero-order valence-corrected chi connectivity index (χ0v) is 19.5. The second-order valence-corrected chi connectivity index (χ2v) is 9.65. The van der Waals surface area contributed by atoms with E-state index < -0.39 is 6.04 Å². The van der Waals surface area contributed by atoms with Gasteiger partial charge < -0.3 is 24.6 Å². The predicted octanol–water partition coefficient (Wildman–Crippen LogP) is 3.24. The minimum Gasteiger partial charge on any atom is -0.454 e. The number of nitrogens with zero attached hydrogens (tertiary/aromatic N) is 3. The SMILES string of the molecule is O=C1C2C3C[C@H](CN3C(=S)NCc3ccc4c(c3)OCO4)N2C(=O)N1c1cccc2ccccc12. The minimum atomic E-state index is -0.523. The number of hydrogen-bond donors (Lipinski definition) is 1. The third kappa shape index (κ3) is 3.01. The summed E-state index contributed by atoms with van der Waals surface area (Å²) < 4.78 is 10.8. The Morgan fingerprint density at radius 3 is 2.77 bits per heavy atom. The van der Waals surface area contributed by atoms with Crippen LogP contribution < -0.4 is 19.7 Å². The molecule has 0 spiro atoms. The Morgan fingerprint density at radius 2 is 1.86 bits per heavy atom. The van der Waals surface area contributed by atoms with Gasteiger partial charge in [0.2, 0.25) is 6.79 Å². The lowest BCUT2D eigenvalue weighted by Gasteiger charge is -2.36. The highest BCUT2D eigenvalue weighted by atomic mass is 32.1. The lowest BCUT2D eigenvalue weighted by molar-refractivity contribution is -0.120. The van der Waals surface area contributed by atoms with Gasteiger partial charge in [0.25, 0.3) is 5.91 Å². The monoisotopic (exact) mass is 486 g/mol. The van der Waals surface area contributed by atoms with Crippen LogP contribution in [0.1, 0.15) is 12.0 Å². The average Bonchev–Trinajstić information content (AvgIpc) is 3.65. The van der Waals surface area contributed by atoms with Gasteiger partial charge in [0.1, 0.15) is 6.04 Å². The number of thiocarbonyl (C=S) groups is 1. The van der Waals surface area contributed by atoms with Crippen LogP contribution >= 0.6 is 12.2 Å². The number of amides is 3. The molecule has 3 atom stereocenters. The Balaban J connectivity index is 1.11. The molecule has 8 nitrogen and oxygen atoms in total. The summed E-state index contributed by atoms with van der Waals surface area (Å²) in [7, 11) is 0. The molecule has 3 aromatic rings. The van der Waals surface area contributed by atoms with Crippen molar-refractivity contribution in [3.63, 3.8) is 0 Å². The fraction of sp³-hybridized carbons (Fsp3) is 0.269. The number of piperazine rings is 1. The van der Waals surface area contributed by atoms with Crippen molar-refractivity contribution in [2.75, 3.05) is 18.2 Å². The molecule has 4 aliphatic rings. The largest absolute Gasteiger partial charge is 0.454 e. The average molecular weight is 487 g/mol. The molecule has 2 bridgehead atoms. The molecule has 3 saturated heterocycles. The van der Waals surface area contributed by atoms with Crippen molar-refractivity contribution in [1.29, 1.82) is 0 Å². The van der Waals surface area contributed by atoms with E-state index in [2.05, 4.69) is 10.2 Å². The van der Waals surface area contributed by atoms with Gasteiger partial charge in [-0.05, 0) is 47.8 Å². The van der Waals surface area contributed by atoms with Gasteiger partial charge in [-0.2, -0.15) is 0 Å². The number of ether oxygens (including phenoxy) is 2. The summed E-state index contributed by atoms with van der Waals surface area (Å²) in [6.45, 7) is 1.39. The molecule has 3 amide bonds. The van der Waals surface area contributed by atoms with Crippen LogP contribution in [-0.2, 0) is 11.3 Å². The number of carbonyl (C=O) groups is 2. The molecule has 35 heavy (non-hydrogen) atoms. The van der Waals surface area contributed by atoms with Crippen LogP contribution in [0.5, 0.6) is 11.5 Å². The van der Waals surface area contributed by atoms with Gasteiger partial charge in [0, 0.05) is 18.5 Å². The standard InChI is InChI=1S/C26H22N4O4S/c31-24-23-20-11-17(13-28(20)25(35)27-12-15-8-9-21-22(10-15)34-14-33-21)29(23)26(32)30(24)19-7-3-5-16-4-1-2-6-18(16)19/h1-10,17,20,23H,11-14H2,(H,27,35)/t17-,20?,23?/m1/s1. The first kappa shape index (κ1) is 20.5. The number of hydrogen-bond acceptors (Lipinski definition) is 5. The quantitative estimate of drug-likeness (QED) is 0.450. The number of rotatable bonds is 3. The topological polar surface area (TPSA) is 74.4 Å². The third-order valence-corrected chi connectivity index (χ3v) is 7.79. The van der Waals surface area contributed by atoms with E-state index in [4.69, 9.17) is 21.7 Å². The van der Waals surface area contributed by atoms with E-state index in [-0.39, 0.29) is 30.8 Å². The number of carbonyl (C=O) groups excluding carboxylic acids is 2. The van der Waals surface area contributed by atoms with Crippen LogP contribution in [0.2, 0.25) is 0 Å². The Morgan fingerprint density at radius 1 is 1.03 bits per heavy atom. The van der Waals surface area contributed by atoms with Crippen LogP contribution in [0.15, 0.2) is 60.7 Å². The summed E-state index contributed by atoms with van der Waals surface area (Å²) in [6, 6.07) is 18.4. The normalized spacial score (nSPS) is 24.0. The van der Waals surface area contributed by atoms with Crippen LogP contribution in [0.25, 0.3) is 10.8 Å². The highest BCUT2D eigenvalue weighted by Gasteiger charge is 2.62.